The van der Waals surface area contributed by atoms with Gasteiger partial charge in [-0.05, 0) is 26.1 Å². The topological polar surface area (TPSA) is 54.7 Å². The molecule has 0 aliphatic heterocycles. The molecule has 0 amide bonds. The van der Waals surface area contributed by atoms with E-state index < -0.39 is 0 Å². The SMILES string of the molecule is CCC(CC)C(CNCc1cc(C(=O)OC)co1)N(C)C. The van der Waals surface area contributed by atoms with Gasteiger partial charge in [0.15, 0.2) is 0 Å². The van der Waals surface area contributed by atoms with Crippen LogP contribution in [0.25, 0.3) is 0 Å². The summed E-state index contributed by atoms with van der Waals surface area (Å²) in [7, 11) is 5.60. The number of ether oxygens (including phenoxy) is 1. The van der Waals surface area contributed by atoms with Crippen LogP contribution in [0.15, 0.2) is 16.7 Å². The molecule has 0 bridgehead atoms. The first kappa shape index (κ1) is 17.7. The maximum Gasteiger partial charge on any atom is 0.341 e. The average Bonchev–Trinajstić information content (AvgIpc) is 2.94. The summed E-state index contributed by atoms with van der Waals surface area (Å²) in [5.74, 6) is 1.06. The maximum atomic E-state index is 11.4. The molecule has 21 heavy (non-hydrogen) atoms. The van der Waals surface area contributed by atoms with Crippen molar-refractivity contribution in [2.45, 2.75) is 39.3 Å². The number of furan rings is 1. The number of nitrogens with one attached hydrogen (secondary N) is 1. The molecule has 1 atom stereocenters. The molecule has 1 unspecified atom stereocenters. The van der Waals surface area contributed by atoms with Crippen molar-refractivity contribution >= 4 is 5.97 Å². The van der Waals surface area contributed by atoms with Crippen LogP contribution in [0.5, 0.6) is 0 Å². The molecular formula is C16H28N2O3. The van der Waals surface area contributed by atoms with E-state index >= 15 is 0 Å². The molecule has 0 radical (unpaired) electrons. The van der Waals surface area contributed by atoms with Crippen molar-refractivity contribution in [1.29, 1.82) is 0 Å². The molecule has 0 saturated heterocycles. The van der Waals surface area contributed by atoms with Crippen LogP contribution in [0.3, 0.4) is 0 Å². The van der Waals surface area contributed by atoms with E-state index in [-0.39, 0.29) is 5.97 Å². The molecule has 1 N–H and O–H groups in total. The minimum atomic E-state index is -0.367. The van der Waals surface area contributed by atoms with E-state index in [4.69, 9.17) is 4.42 Å². The zero-order chi connectivity index (χ0) is 15.8. The van der Waals surface area contributed by atoms with Gasteiger partial charge in [0, 0.05) is 12.6 Å². The molecule has 5 nitrogen and oxygen atoms in total. The van der Waals surface area contributed by atoms with Crippen molar-refractivity contribution in [3.05, 3.63) is 23.7 Å². The van der Waals surface area contributed by atoms with Gasteiger partial charge >= 0.3 is 5.97 Å². The van der Waals surface area contributed by atoms with Gasteiger partial charge in [-0.1, -0.05) is 26.7 Å². The predicted octanol–water partition coefficient (Wildman–Crippen LogP) is 2.52. The lowest BCUT2D eigenvalue weighted by atomic mass is 9.93. The number of methoxy groups -OCH3 is 1. The smallest absolute Gasteiger partial charge is 0.341 e. The number of nitrogens with zero attached hydrogens (tertiary/aromatic N) is 1. The Balaban J connectivity index is 2.50. The van der Waals surface area contributed by atoms with E-state index in [2.05, 4.69) is 42.9 Å². The van der Waals surface area contributed by atoms with Crippen LogP contribution in [0, 0.1) is 5.92 Å². The van der Waals surface area contributed by atoms with Crippen LogP contribution in [-0.4, -0.2) is 44.7 Å². The van der Waals surface area contributed by atoms with Crippen molar-refractivity contribution in [1.82, 2.24) is 10.2 Å². The van der Waals surface area contributed by atoms with Gasteiger partial charge in [0.25, 0.3) is 0 Å². The van der Waals surface area contributed by atoms with E-state index in [1.54, 1.807) is 6.07 Å². The monoisotopic (exact) mass is 296 g/mol. The molecule has 1 heterocycles. The fraction of sp³-hybridized carbons (Fsp3) is 0.688. The summed E-state index contributed by atoms with van der Waals surface area (Å²) >= 11 is 0. The van der Waals surface area contributed by atoms with Gasteiger partial charge in [-0.15, -0.1) is 0 Å². The molecule has 0 aliphatic carbocycles. The van der Waals surface area contributed by atoms with Gasteiger partial charge in [-0.2, -0.15) is 0 Å². The van der Waals surface area contributed by atoms with E-state index in [0.29, 0.717) is 24.1 Å². The quantitative estimate of drug-likeness (QED) is 0.710. The summed E-state index contributed by atoms with van der Waals surface area (Å²) in [5, 5.41) is 3.41. The second kappa shape index (κ2) is 8.85. The van der Waals surface area contributed by atoms with Crippen molar-refractivity contribution < 1.29 is 13.9 Å². The number of rotatable bonds is 9. The Morgan fingerprint density at radius 3 is 2.57 bits per heavy atom. The van der Waals surface area contributed by atoms with Crippen LogP contribution in [-0.2, 0) is 11.3 Å². The van der Waals surface area contributed by atoms with Crippen LogP contribution >= 0.6 is 0 Å². The third-order valence-corrected chi connectivity index (χ3v) is 3.98. The average molecular weight is 296 g/mol. The summed E-state index contributed by atoms with van der Waals surface area (Å²) in [6, 6.07) is 2.22. The Labute approximate surface area is 127 Å². The lowest BCUT2D eigenvalue weighted by molar-refractivity contribution is 0.0600. The minimum absolute atomic E-state index is 0.367. The fourth-order valence-corrected chi connectivity index (χ4v) is 2.65. The van der Waals surface area contributed by atoms with Crippen molar-refractivity contribution in [3.8, 4) is 0 Å². The number of hydrogen-bond donors (Lipinski definition) is 1. The van der Waals surface area contributed by atoms with Gasteiger partial charge in [0.05, 0.1) is 19.2 Å². The van der Waals surface area contributed by atoms with Crippen LogP contribution in [0.4, 0.5) is 0 Å². The molecule has 0 fully saturated rings. The van der Waals surface area contributed by atoms with Crippen LogP contribution in [0.2, 0.25) is 0 Å². The fourth-order valence-electron chi connectivity index (χ4n) is 2.65. The zero-order valence-corrected chi connectivity index (χ0v) is 13.8. The zero-order valence-electron chi connectivity index (χ0n) is 13.8. The van der Waals surface area contributed by atoms with Crippen LogP contribution in [0.1, 0.15) is 42.8 Å². The number of likely N-dealkylation sites (N-methyl/N-ethyl adjacent to an activating group) is 1. The lowest BCUT2D eigenvalue weighted by Crippen LogP contribution is -2.42. The van der Waals surface area contributed by atoms with Crippen molar-refractivity contribution in [2.24, 2.45) is 5.92 Å². The summed E-state index contributed by atoms with van der Waals surface area (Å²) in [5.41, 5.74) is 0.457. The normalized spacial score (nSPS) is 12.9. The molecule has 0 aromatic carbocycles. The van der Waals surface area contributed by atoms with Gasteiger partial charge in [0.2, 0.25) is 0 Å². The van der Waals surface area contributed by atoms with Crippen molar-refractivity contribution in [2.75, 3.05) is 27.7 Å². The highest BCUT2D eigenvalue weighted by Crippen LogP contribution is 2.16. The number of carbonyl (C=O) groups excluding carboxylic acids is 1. The molecule has 1 aromatic rings. The Morgan fingerprint density at radius 1 is 1.38 bits per heavy atom. The van der Waals surface area contributed by atoms with E-state index in [1.807, 2.05) is 0 Å². The number of carbonyl (C=O) groups is 1. The maximum absolute atomic E-state index is 11.4. The third-order valence-electron chi connectivity index (χ3n) is 3.98. The molecular weight excluding hydrogens is 268 g/mol. The summed E-state index contributed by atoms with van der Waals surface area (Å²) in [6.07, 6.45) is 3.79. The second-order valence-corrected chi connectivity index (χ2v) is 5.53. The summed E-state index contributed by atoms with van der Waals surface area (Å²) in [6.45, 7) is 5.98. The van der Waals surface area contributed by atoms with E-state index in [0.717, 1.165) is 12.3 Å². The Bertz CT molecular complexity index is 425. The number of esters is 1. The van der Waals surface area contributed by atoms with E-state index in [1.165, 1.54) is 26.2 Å². The van der Waals surface area contributed by atoms with Gasteiger partial charge < -0.3 is 19.4 Å². The first-order valence-corrected chi connectivity index (χ1v) is 7.56. The standard InChI is InChI=1S/C16H28N2O3/c1-6-12(7-2)15(18(3)4)10-17-9-14-8-13(11-21-14)16(19)20-5/h8,11-12,15,17H,6-7,9-10H2,1-5H3. The Hall–Kier alpha value is -1.33. The third kappa shape index (κ3) is 5.17. The first-order chi connectivity index (χ1) is 10.0. The van der Waals surface area contributed by atoms with E-state index in [9.17, 15) is 4.79 Å². The Kier molecular flexibility index (Phi) is 7.47. The number of hydrogen-bond acceptors (Lipinski definition) is 5. The molecule has 0 spiro atoms. The largest absolute Gasteiger partial charge is 0.467 e. The predicted molar refractivity (Wildman–Crippen MR) is 83.3 cm³/mol. The minimum Gasteiger partial charge on any atom is -0.467 e. The lowest BCUT2D eigenvalue weighted by Gasteiger charge is -2.31. The second-order valence-electron chi connectivity index (χ2n) is 5.53. The molecule has 0 saturated carbocycles. The molecule has 120 valence electrons. The first-order valence-electron chi connectivity index (χ1n) is 7.56. The van der Waals surface area contributed by atoms with Gasteiger partial charge in [0.1, 0.15) is 12.0 Å². The molecule has 1 rings (SSSR count). The van der Waals surface area contributed by atoms with Gasteiger partial charge in [-0.3, -0.25) is 0 Å². The van der Waals surface area contributed by atoms with Crippen molar-refractivity contribution in [3.63, 3.8) is 0 Å². The summed E-state index contributed by atoms with van der Waals surface area (Å²) in [4.78, 5) is 13.6. The molecule has 5 heteroatoms. The highest BCUT2D eigenvalue weighted by Gasteiger charge is 2.20. The molecule has 1 aromatic heterocycles. The highest BCUT2D eigenvalue weighted by molar-refractivity contribution is 5.88. The summed E-state index contributed by atoms with van der Waals surface area (Å²) < 4.78 is 10.0. The molecule has 0 aliphatic rings. The van der Waals surface area contributed by atoms with Crippen LogP contribution < -0.4 is 5.32 Å². The Morgan fingerprint density at radius 2 is 2.05 bits per heavy atom. The highest BCUT2D eigenvalue weighted by atomic mass is 16.5. The van der Waals surface area contributed by atoms with Gasteiger partial charge in [-0.25, -0.2) is 4.79 Å².